The van der Waals surface area contributed by atoms with Crippen LogP contribution < -0.4 is 5.73 Å². The lowest BCUT2D eigenvalue weighted by molar-refractivity contribution is 0.461. The molecular weight excluding hydrogens is 242 g/mol. The summed E-state index contributed by atoms with van der Waals surface area (Å²) in [5, 5.41) is 6.76. The van der Waals surface area contributed by atoms with E-state index in [1.165, 1.54) is 30.6 Å². The average molecular weight is 261 g/mol. The summed E-state index contributed by atoms with van der Waals surface area (Å²) in [5.74, 6) is 0. The zero-order valence-corrected chi connectivity index (χ0v) is 11.3. The molecule has 2 aromatic rings. The Balaban J connectivity index is 1.66. The van der Waals surface area contributed by atoms with E-state index >= 15 is 0 Å². The SMILES string of the molecule is NC(Cc1ccn(C2CCCC2)n1)c1cccs1. The maximum atomic E-state index is 6.20. The lowest BCUT2D eigenvalue weighted by atomic mass is 10.1. The highest BCUT2D eigenvalue weighted by atomic mass is 32.1. The third-order valence-electron chi connectivity index (χ3n) is 3.70. The van der Waals surface area contributed by atoms with E-state index in [-0.39, 0.29) is 6.04 Å². The minimum absolute atomic E-state index is 0.0805. The molecule has 0 aromatic carbocycles. The molecule has 1 unspecified atom stereocenters. The molecule has 0 spiro atoms. The molecule has 1 aliphatic rings. The van der Waals surface area contributed by atoms with Crippen molar-refractivity contribution in [2.24, 2.45) is 5.73 Å². The van der Waals surface area contributed by atoms with Gasteiger partial charge in [-0.2, -0.15) is 5.10 Å². The Labute approximate surface area is 112 Å². The van der Waals surface area contributed by atoms with Gasteiger partial charge < -0.3 is 5.73 Å². The van der Waals surface area contributed by atoms with Crippen molar-refractivity contribution in [1.82, 2.24) is 9.78 Å². The van der Waals surface area contributed by atoms with Gasteiger partial charge in [0.1, 0.15) is 0 Å². The van der Waals surface area contributed by atoms with Gasteiger partial charge in [-0.05, 0) is 30.4 Å². The molecule has 4 heteroatoms. The lowest BCUT2D eigenvalue weighted by Gasteiger charge is -2.10. The maximum absolute atomic E-state index is 6.20. The molecule has 0 aliphatic heterocycles. The van der Waals surface area contributed by atoms with Crippen LogP contribution in [-0.4, -0.2) is 9.78 Å². The number of rotatable bonds is 4. The van der Waals surface area contributed by atoms with Crippen LogP contribution in [0, 0.1) is 0 Å². The van der Waals surface area contributed by atoms with Crippen molar-refractivity contribution >= 4 is 11.3 Å². The second-order valence-corrected chi connectivity index (χ2v) is 6.03. The molecule has 1 aliphatic carbocycles. The predicted molar refractivity (Wildman–Crippen MR) is 74.7 cm³/mol. The Morgan fingerprint density at radius 2 is 2.22 bits per heavy atom. The van der Waals surface area contributed by atoms with Gasteiger partial charge in [-0.1, -0.05) is 18.9 Å². The molecule has 2 heterocycles. The summed E-state index contributed by atoms with van der Waals surface area (Å²) >= 11 is 1.72. The summed E-state index contributed by atoms with van der Waals surface area (Å²) in [6, 6.07) is 6.97. The summed E-state index contributed by atoms with van der Waals surface area (Å²) in [6.07, 6.45) is 8.19. The number of hydrogen-bond acceptors (Lipinski definition) is 3. The zero-order valence-electron chi connectivity index (χ0n) is 10.5. The molecule has 1 atom stereocenters. The standard InChI is InChI=1S/C14H19N3S/c15-13(14-6-3-9-18-14)10-11-7-8-17(16-11)12-4-1-2-5-12/h3,6-9,12-13H,1-2,4-5,10,15H2. The van der Waals surface area contributed by atoms with Crippen LogP contribution in [0.25, 0.3) is 0 Å². The van der Waals surface area contributed by atoms with E-state index < -0.39 is 0 Å². The van der Waals surface area contributed by atoms with Gasteiger partial charge in [0.2, 0.25) is 0 Å². The molecule has 0 saturated heterocycles. The summed E-state index contributed by atoms with van der Waals surface area (Å²) in [6.45, 7) is 0. The van der Waals surface area contributed by atoms with Gasteiger partial charge in [0.25, 0.3) is 0 Å². The summed E-state index contributed by atoms with van der Waals surface area (Å²) in [4.78, 5) is 1.24. The van der Waals surface area contributed by atoms with E-state index in [0.717, 1.165) is 12.1 Å². The van der Waals surface area contributed by atoms with Crippen molar-refractivity contribution in [3.8, 4) is 0 Å². The van der Waals surface area contributed by atoms with E-state index in [1.54, 1.807) is 11.3 Å². The van der Waals surface area contributed by atoms with Crippen LogP contribution in [0.3, 0.4) is 0 Å². The zero-order chi connectivity index (χ0) is 12.4. The minimum atomic E-state index is 0.0805. The van der Waals surface area contributed by atoms with Crippen molar-refractivity contribution < 1.29 is 0 Å². The summed E-state index contributed by atoms with van der Waals surface area (Å²) in [7, 11) is 0. The first-order chi connectivity index (χ1) is 8.83. The molecule has 3 nitrogen and oxygen atoms in total. The molecule has 0 amide bonds. The summed E-state index contributed by atoms with van der Waals surface area (Å²) in [5.41, 5.74) is 7.31. The Hall–Kier alpha value is -1.13. The monoisotopic (exact) mass is 261 g/mol. The second-order valence-electron chi connectivity index (χ2n) is 5.05. The maximum Gasteiger partial charge on any atom is 0.0643 e. The van der Waals surface area contributed by atoms with Gasteiger partial charge >= 0.3 is 0 Å². The number of nitrogens with zero attached hydrogens (tertiary/aromatic N) is 2. The molecule has 3 rings (SSSR count). The van der Waals surface area contributed by atoms with Gasteiger partial charge in [0, 0.05) is 23.5 Å². The molecule has 1 fully saturated rings. The largest absolute Gasteiger partial charge is 0.323 e. The molecular formula is C14H19N3S. The van der Waals surface area contributed by atoms with Crippen LogP contribution in [0.15, 0.2) is 29.8 Å². The summed E-state index contributed by atoms with van der Waals surface area (Å²) < 4.78 is 2.14. The van der Waals surface area contributed by atoms with E-state index in [4.69, 9.17) is 5.73 Å². The average Bonchev–Trinajstić information content (AvgIpc) is 3.12. The Morgan fingerprint density at radius 1 is 1.39 bits per heavy atom. The Kier molecular flexibility index (Phi) is 3.48. The molecule has 2 aromatic heterocycles. The van der Waals surface area contributed by atoms with Crippen LogP contribution in [0.2, 0.25) is 0 Å². The highest BCUT2D eigenvalue weighted by Gasteiger charge is 2.18. The molecule has 0 radical (unpaired) electrons. The lowest BCUT2D eigenvalue weighted by Crippen LogP contribution is -2.13. The van der Waals surface area contributed by atoms with Crippen LogP contribution in [-0.2, 0) is 6.42 Å². The fourth-order valence-electron chi connectivity index (χ4n) is 2.69. The quantitative estimate of drug-likeness (QED) is 0.917. The number of nitrogens with two attached hydrogens (primary N) is 1. The van der Waals surface area contributed by atoms with Crippen molar-refractivity contribution in [3.63, 3.8) is 0 Å². The predicted octanol–water partition coefficient (Wildman–Crippen LogP) is 3.30. The Morgan fingerprint density at radius 3 is 2.94 bits per heavy atom. The topological polar surface area (TPSA) is 43.8 Å². The fourth-order valence-corrected chi connectivity index (χ4v) is 3.42. The third kappa shape index (κ3) is 2.49. The molecule has 0 bridgehead atoms. The van der Waals surface area contributed by atoms with Gasteiger partial charge in [-0.25, -0.2) is 0 Å². The Bertz CT molecular complexity index is 483. The first-order valence-corrected chi connectivity index (χ1v) is 7.54. The third-order valence-corrected chi connectivity index (χ3v) is 4.70. The fraction of sp³-hybridized carbons (Fsp3) is 0.500. The highest BCUT2D eigenvalue weighted by molar-refractivity contribution is 7.10. The van der Waals surface area contributed by atoms with E-state index in [2.05, 4.69) is 39.6 Å². The minimum Gasteiger partial charge on any atom is -0.323 e. The smallest absolute Gasteiger partial charge is 0.0643 e. The molecule has 96 valence electrons. The van der Waals surface area contributed by atoms with Crippen molar-refractivity contribution in [1.29, 1.82) is 0 Å². The number of aromatic nitrogens is 2. The van der Waals surface area contributed by atoms with E-state index in [0.29, 0.717) is 6.04 Å². The first kappa shape index (κ1) is 11.9. The molecule has 1 saturated carbocycles. The van der Waals surface area contributed by atoms with Crippen molar-refractivity contribution in [3.05, 3.63) is 40.3 Å². The molecule has 2 N–H and O–H groups in total. The van der Waals surface area contributed by atoms with Gasteiger partial charge in [-0.15, -0.1) is 11.3 Å². The van der Waals surface area contributed by atoms with Crippen LogP contribution in [0.4, 0.5) is 0 Å². The van der Waals surface area contributed by atoms with Crippen LogP contribution >= 0.6 is 11.3 Å². The van der Waals surface area contributed by atoms with Gasteiger partial charge in [-0.3, -0.25) is 4.68 Å². The van der Waals surface area contributed by atoms with E-state index in [9.17, 15) is 0 Å². The molecule has 18 heavy (non-hydrogen) atoms. The van der Waals surface area contributed by atoms with Gasteiger partial charge in [0.05, 0.1) is 11.7 Å². The van der Waals surface area contributed by atoms with Crippen molar-refractivity contribution in [2.75, 3.05) is 0 Å². The second kappa shape index (κ2) is 5.24. The van der Waals surface area contributed by atoms with Crippen molar-refractivity contribution in [2.45, 2.75) is 44.2 Å². The van der Waals surface area contributed by atoms with Crippen LogP contribution in [0.5, 0.6) is 0 Å². The number of hydrogen-bond donors (Lipinski definition) is 1. The highest BCUT2D eigenvalue weighted by Crippen LogP contribution is 2.29. The number of thiophene rings is 1. The normalized spacial score (nSPS) is 18.3. The van der Waals surface area contributed by atoms with E-state index in [1.807, 2.05) is 0 Å². The van der Waals surface area contributed by atoms with Crippen LogP contribution in [0.1, 0.15) is 48.3 Å². The first-order valence-electron chi connectivity index (χ1n) is 6.66. The van der Waals surface area contributed by atoms with Gasteiger partial charge in [0.15, 0.2) is 0 Å².